The highest BCUT2D eigenvalue weighted by Gasteiger charge is 2.14. The number of thioether (sulfide) groups is 1. The van der Waals surface area contributed by atoms with Crippen LogP contribution in [0.5, 0.6) is 5.75 Å². The molecular weight excluding hydrogens is 196 g/mol. The lowest BCUT2D eigenvalue weighted by Gasteiger charge is -2.09. The minimum absolute atomic E-state index is 0.279. The van der Waals surface area contributed by atoms with Gasteiger partial charge in [-0.25, -0.2) is 4.99 Å². The molecule has 1 N–H and O–H groups in total. The molecule has 74 valence electrons. The molecule has 1 aromatic rings. The number of aromatic hydroxyl groups is 1. The molecule has 1 aromatic carbocycles. The van der Waals surface area contributed by atoms with Crippen LogP contribution >= 0.6 is 11.8 Å². The second-order valence-electron chi connectivity index (χ2n) is 3.18. The second-order valence-corrected chi connectivity index (χ2v) is 4.24. The highest BCUT2D eigenvalue weighted by molar-refractivity contribution is 8.14. The number of rotatable bonds is 1. The number of benzene rings is 1. The summed E-state index contributed by atoms with van der Waals surface area (Å²) in [6, 6.07) is 6.93. The average molecular weight is 208 g/mol. The van der Waals surface area contributed by atoms with Gasteiger partial charge in [0.2, 0.25) is 0 Å². The van der Waals surface area contributed by atoms with E-state index in [2.05, 4.69) is 9.89 Å². The van der Waals surface area contributed by atoms with Crippen molar-refractivity contribution >= 4 is 22.6 Å². The Morgan fingerprint density at radius 1 is 1.36 bits per heavy atom. The fourth-order valence-electron chi connectivity index (χ4n) is 1.23. The molecule has 14 heavy (non-hydrogen) atoms. The molecule has 0 unspecified atom stereocenters. The summed E-state index contributed by atoms with van der Waals surface area (Å²) in [5.41, 5.74) is 0.888. The largest absolute Gasteiger partial charge is 0.508 e. The topological polar surface area (TPSA) is 35.8 Å². The van der Waals surface area contributed by atoms with E-state index in [0.29, 0.717) is 0 Å². The predicted octanol–water partition coefficient (Wildman–Crippen LogP) is 2.06. The predicted molar refractivity (Wildman–Crippen MR) is 60.3 cm³/mol. The van der Waals surface area contributed by atoms with Crippen LogP contribution < -0.4 is 0 Å². The number of amidine groups is 1. The summed E-state index contributed by atoms with van der Waals surface area (Å²) < 4.78 is 0. The van der Waals surface area contributed by atoms with E-state index in [4.69, 9.17) is 5.11 Å². The van der Waals surface area contributed by atoms with Crippen LogP contribution in [0.2, 0.25) is 0 Å². The highest BCUT2D eigenvalue weighted by atomic mass is 32.2. The first kappa shape index (κ1) is 9.40. The smallest absolute Gasteiger partial charge is 0.164 e. The van der Waals surface area contributed by atoms with Gasteiger partial charge in [0.05, 0.1) is 5.69 Å². The molecule has 0 amide bonds. The van der Waals surface area contributed by atoms with Crippen molar-refractivity contribution in [1.82, 2.24) is 4.90 Å². The summed E-state index contributed by atoms with van der Waals surface area (Å²) in [4.78, 5) is 6.61. The highest BCUT2D eigenvalue weighted by Crippen LogP contribution is 2.22. The van der Waals surface area contributed by atoms with Gasteiger partial charge in [-0.3, -0.25) is 0 Å². The Morgan fingerprint density at radius 3 is 2.64 bits per heavy atom. The zero-order chi connectivity index (χ0) is 9.97. The Labute approximate surface area is 87.5 Å². The van der Waals surface area contributed by atoms with Gasteiger partial charge in [0, 0.05) is 19.3 Å². The standard InChI is InChI=1S/C10H12N2OS/c1-12-6-7-14-10(12)11-8-2-4-9(13)5-3-8/h2-5,13H,6-7H2,1H3. The molecule has 1 saturated heterocycles. The van der Waals surface area contributed by atoms with E-state index in [1.54, 1.807) is 23.9 Å². The van der Waals surface area contributed by atoms with Crippen LogP contribution in [0.3, 0.4) is 0 Å². The minimum Gasteiger partial charge on any atom is -0.508 e. The lowest BCUT2D eigenvalue weighted by Crippen LogP contribution is -2.17. The Hall–Kier alpha value is -1.16. The molecule has 0 atom stereocenters. The first-order valence-corrected chi connectivity index (χ1v) is 5.46. The SMILES string of the molecule is CN1CCSC1=Nc1ccc(O)cc1. The molecule has 0 aliphatic carbocycles. The first-order chi connectivity index (χ1) is 6.75. The fraction of sp³-hybridized carbons (Fsp3) is 0.300. The molecule has 3 nitrogen and oxygen atoms in total. The van der Waals surface area contributed by atoms with E-state index in [0.717, 1.165) is 23.2 Å². The molecule has 1 heterocycles. The normalized spacial score (nSPS) is 19.2. The summed E-state index contributed by atoms with van der Waals surface area (Å²) in [6.07, 6.45) is 0. The van der Waals surface area contributed by atoms with E-state index in [1.165, 1.54) is 0 Å². The van der Waals surface area contributed by atoms with Crippen LogP contribution in [0.25, 0.3) is 0 Å². The quantitative estimate of drug-likeness (QED) is 0.767. The van der Waals surface area contributed by atoms with Gasteiger partial charge in [-0.15, -0.1) is 0 Å². The maximum absolute atomic E-state index is 9.11. The van der Waals surface area contributed by atoms with E-state index in [-0.39, 0.29) is 5.75 Å². The Kier molecular flexibility index (Phi) is 2.63. The molecule has 1 aliphatic rings. The van der Waals surface area contributed by atoms with Crippen LogP contribution in [0, 0.1) is 0 Å². The molecule has 2 rings (SSSR count). The number of nitrogens with zero attached hydrogens (tertiary/aromatic N) is 2. The van der Waals surface area contributed by atoms with E-state index in [1.807, 2.05) is 19.2 Å². The number of hydrogen-bond acceptors (Lipinski definition) is 3. The summed E-state index contributed by atoms with van der Waals surface area (Å²) in [7, 11) is 2.04. The van der Waals surface area contributed by atoms with Crippen molar-refractivity contribution in [3.05, 3.63) is 24.3 Å². The molecule has 4 heteroatoms. The average Bonchev–Trinajstić information content (AvgIpc) is 2.56. The fourth-order valence-corrected chi connectivity index (χ4v) is 2.26. The molecule has 1 fully saturated rings. The Balaban J connectivity index is 2.20. The van der Waals surface area contributed by atoms with E-state index < -0.39 is 0 Å². The van der Waals surface area contributed by atoms with Gasteiger partial charge in [0.1, 0.15) is 5.75 Å². The van der Waals surface area contributed by atoms with E-state index in [9.17, 15) is 0 Å². The van der Waals surface area contributed by atoms with Gasteiger partial charge in [0.15, 0.2) is 5.17 Å². The third-order valence-electron chi connectivity index (χ3n) is 2.06. The number of phenolic OH excluding ortho intramolecular Hbond substituents is 1. The lowest BCUT2D eigenvalue weighted by molar-refractivity contribution is 0.475. The first-order valence-electron chi connectivity index (χ1n) is 4.47. The van der Waals surface area contributed by atoms with Crippen LogP contribution in [-0.4, -0.2) is 34.5 Å². The maximum Gasteiger partial charge on any atom is 0.164 e. The van der Waals surface area contributed by atoms with Crippen molar-refractivity contribution in [1.29, 1.82) is 0 Å². The molecule has 0 bridgehead atoms. The van der Waals surface area contributed by atoms with Gasteiger partial charge >= 0.3 is 0 Å². The van der Waals surface area contributed by atoms with Crippen molar-refractivity contribution in [3.63, 3.8) is 0 Å². The maximum atomic E-state index is 9.11. The Bertz CT molecular complexity index is 348. The van der Waals surface area contributed by atoms with Gasteiger partial charge in [-0.05, 0) is 24.3 Å². The van der Waals surface area contributed by atoms with Gasteiger partial charge in [-0.2, -0.15) is 0 Å². The van der Waals surface area contributed by atoms with Gasteiger partial charge in [-0.1, -0.05) is 11.8 Å². The molecule has 0 radical (unpaired) electrons. The summed E-state index contributed by atoms with van der Waals surface area (Å²) in [6.45, 7) is 1.06. The minimum atomic E-state index is 0.279. The molecule has 0 saturated carbocycles. The van der Waals surface area contributed by atoms with Crippen LogP contribution in [0.1, 0.15) is 0 Å². The Morgan fingerprint density at radius 2 is 2.07 bits per heavy atom. The summed E-state index contributed by atoms with van der Waals surface area (Å²) >= 11 is 1.76. The summed E-state index contributed by atoms with van der Waals surface area (Å²) in [5, 5.41) is 10.2. The van der Waals surface area contributed by atoms with Crippen molar-refractivity contribution in [3.8, 4) is 5.75 Å². The summed E-state index contributed by atoms with van der Waals surface area (Å²) in [5.74, 6) is 1.38. The van der Waals surface area contributed by atoms with Crippen molar-refractivity contribution < 1.29 is 5.11 Å². The molecule has 0 aromatic heterocycles. The van der Waals surface area contributed by atoms with Crippen molar-refractivity contribution in [2.45, 2.75) is 0 Å². The van der Waals surface area contributed by atoms with Crippen LogP contribution in [-0.2, 0) is 0 Å². The molecule has 0 spiro atoms. The van der Waals surface area contributed by atoms with Crippen molar-refractivity contribution in [2.24, 2.45) is 4.99 Å². The number of aliphatic imine (C=N–C) groups is 1. The van der Waals surface area contributed by atoms with Crippen molar-refractivity contribution in [2.75, 3.05) is 19.3 Å². The van der Waals surface area contributed by atoms with E-state index >= 15 is 0 Å². The number of phenols is 1. The second kappa shape index (κ2) is 3.92. The lowest BCUT2D eigenvalue weighted by atomic mass is 10.3. The third-order valence-corrected chi connectivity index (χ3v) is 3.11. The number of hydrogen-bond donors (Lipinski definition) is 1. The third kappa shape index (κ3) is 2.01. The van der Waals surface area contributed by atoms with Gasteiger partial charge in [0.25, 0.3) is 0 Å². The van der Waals surface area contributed by atoms with Crippen LogP contribution in [0.15, 0.2) is 29.3 Å². The van der Waals surface area contributed by atoms with Gasteiger partial charge < -0.3 is 10.0 Å². The zero-order valence-electron chi connectivity index (χ0n) is 7.97. The molecule has 1 aliphatic heterocycles. The monoisotopic (exact) mass is 208 g/mol. The molecular formula is C10H12N2OS. The van der Waals surface area contributed by atoms with Crippen LogP contribution in [0.4, 0.5) is 5.69 Å². The zero-order valence-corrected chi connectivity index (χ0v) is 8.79.